The smallest absolute Gasteiger partial charge is 0.279 e. The summed E-state index contributed by atoms with van der Waals surface area (Å²) in [5.74, 6) is 2.86. The van der Waals surface area contributed by atoms with Crippen molar-refractivity contribution < 1.29 is 17.9 Å². The zero-order valence-electron chi connectivity index (χ0n) is 17.0. The van der Waals surface area contributed by atoms with E-state index in [-0.39, 0.29) is 11.4 Å². The molecule has 0 atom stereocenters. The lowest BCUT2D eigenvalue weighted by Crippen LogP contribution is -2.17. The molecule has 0 unspecified atom stereocenters. The summed E-state index contributed by atoms with van der Waals surface area (Å²) in [5.41, 5.74) is 1.17. The average molecular weight is 443 g/mol. The minimum atomic E-state index is -3.40. The molecule has 0 aliphatic heterocycles. The summed E-state index contributed by atoms with van der Waals surface area (Å²) < 4.78 is 32.8. The maximum atomic E-state index is 12.7. The lowest BCUT2D eigenvalue weighted by atomic mass is 10.2. The number of hydrogen-bond donors (Lipinski definition) is 0. The lowest BCUT2D eigenvalue weighted by Gasteiger charge is -2.07. The fraction of sp³-hybridized carbons (Fsp3) is 0.273. The predicted octanol–water partition coefficient (Wildman–Crippen LogP) is 3.66. The van der Waals surface area contributed by atoms with Crippen molar-refractivity contribution in [2.45, 2.75) is 37.5 Å². The summed E-state index contributed by atoms with van der Waals surface area (Å²) in [6.45, 7) is 5.97. The first kappa shape index (κ1) is 21.8. The molecular weight excluding hydrogens is 420 g/mol. The van der Waals surface area contributed by atoms with Gasteiger partial charge in [-0.15, -0.1) is 6.42 Å². The van der Waals surface area contributed by atoms with E-state index in [0.29, 0.717) is 17.0 Å². The van der Waals surface area contributed by atoms with Gasteiger partial charge in [0.2, 0.25) is 0 Å². The molecule has 0 aliphatic rings. The Hall–Kier alpha value is -2.89. The van der Waals surface area contributed by atoms with Crippen molar-refractivity contribution in [2.75, 3.05) is 6.61 Å². The van der Waals surface area contributed by atoms with Gasteiger partial charge in [0.15, 0.2) is 14.6 Å². The van der Waals surface area contributed by atoms with E-state index in [9.17, 15) is 13.2 Å². The number of amides is 1. The summed E-state index contributed by atoms with van der Waals surface area (Å²) in [6, 6.07) is 11.5. The summed E-state index contributed by atoms with van der Waals surface area (Å²) >= 11 is 1.34. The van der Waals surface area contributed by atoms with Crippen LogP contribution in [0.1, 0.15) is 31.1 Å². The molecule has 0 bridgehead atoms. The van der Waals surface area contributed by atoms with E-state index >= 15 is 0 Å². The number of fused-ring (bicyclic) bond motifs is 1. The quantitative estimate of drug-likeness (QED) is 0.546. The zero-order chi connectivity index (χ0) is 21.9. The van der Waals surface area contributed by atoms with E-state index in [4.69, 9.17) is 11.2 Å². The number of carbonyl (C=O) groups is 1. The highest BCUT2D eigenvalue weighted by molar-refractivity contribution is 7.92. The fourth-order valence-corrected chi connectivity index (χ4v) is 4.97. The average Bonchev–Trinajstić information content (AvgIpc) is 3.05. The van der Waals surface area contributed by atoms with Crippen LogP contribution in [0.4, 0.5) is 0 Å². The van der Waals surface area contributed by atoms with Crippen LogP contribution in [0.25, 0.3) is 10.2 Å². The number of benzene rings is 2. The normalized spacial score (nSPS) is 12.3. The van der Waals surface area contributed by atoms with Gasteiger partial charge in [-0.05, 0) is 63.2 Å². The summed E-state index contributed by atoms with van der Waals surface area (Å²) in [5, 5.41) is -0.536. The van der Waals surface area contributed by atoms with Gasteiger partial charge >= 0.3 is 0 Å². The highest BCUT2D eigenvalue weighted by Gasteiger charge is 2.19. The van der Waals surface area contributed by atoms with Gasteiger partial charge in [0.1, 0.15) is 5.75 Å². The molecule has 0 fully saturated rings. The Morgan fingerprint density at radius 1 is 1.23 bits per heavy atom. The number of thiazole rings is 1. The molecule has 0 spiro atoms. The van der Waals surface area contributed by atoms with E-state index in [0.717, 1.165) is 16.0 Å². The third-order valence-corrected chi connectivity index (χ3v) is 7.67. The van der Waals surface area contributed by atoms with Crippen LogP contribution in [0.2, 0.25) is 0 Å². The number of aromatic nitrogens is 1. The molecule has 30 heavy (non-hydrogen) atoms. The number of rotatable bonds is 6. The SMILES string of the molecule is C#CCn1c(=NC(=O)c2ccc(S(=O)(=O)C(C)C)cc2)sc2cc(OCC)ccc21. The molecule has 6 nitrogen and oxygen atoms in total. The number of terminal acetylenes is 1. The number of carbonyl (C=O) groups excluding carboxylic acids is 1. The van der Waals surface area contributed by atoms with Crippen LogP contribution >= 0.6 is 11.3 Å². The van der Waals surface area contributed by atoms with Crippen LogP contribution in [0.5, 0.6) is 5.75 Å². The first-order chi connectivity index (χ1) is 14.3. The first-order valence-electron chi connectivity index (χ1n) is 9.40. The minimum Gasteiger partial charge on any atom is -0.494 e. The summed E-state index contributed by atoms with van der Waals surface area (Å²) in [4.78, 5) is 17.6. The van der Waals surface area contributed by atoms with E-state index in [1.807, 2.05) is 25.1 Å². The largest absolute Gasteiger partial charge is 0.494 e. The fourth-order valence-electron chi connectivity index (χ4n) is 2.85. The number of nitrogens with zero attached hydrogens (tertiary/aromatic N) is 2. The van der Waals surface area contributed by atoms with E-state index in [1.165, 1.54) is 35.6 Å². The Morgan fingerprint density at radius 2 is 1.93 bits per heavy atom. The van der Waals surface area contributed by atoms with Crippen LogP contribution in [0.15, 0.2) is 52.4 Å². The number of ether oxygens (including phenoxy) is 1. The van der Waals surface area contributed by atoms with Crippen molar-refractivity contribution in [3.8, 4) is 18.1 Å². The van der Waals surface area contributed by atoms with Crippen molar-refractivity contribution in [3.05, 3.63) is 52.8 Å². The van der Waals surface area contributed by atoms with Crippen molar-refractivity contribution in [2.24, 2.45) is 4.99 Å². The molecule has 0 saturated heterocycles. The summed E-state index contributed by atoms with van der Waals surface area (Å²) in [6.07, 6.45) is 5.51. The molecule has 1 aromatic heterocycles. The maximum absolute atomic E-state index is 12.7. The standard InChI is InChI=1S/C22H22N2O4S2/c1-5-13-24-19-12-9-17(28-6-2)14-20(19)29-22(24)23-21(25)16-7-10-18(11-8-16)30(26,27)15(3)4/h1,7-12,14-15H,6,13H2,2-4H3. The first-order valence-corrected chi connectivity index (χ1v) is 11.8. The Kier molecular flexibility index (Phi) is 6.44. The molecule has 1 heterocycles. The highest BCUT2D eigenvalue weighted by atomic mass is 32.2. The molecule has 0 aliphatic carbocycles. The van der Waals surface area contributed by atoms with Crippen LogP contribution in [0.3, 0.4) is 0 Å². The molecule has 1 amide bonds. The van der Waals surface area contributed by atoms with Crippen molar-refractivity contribution in [1.82, 2.24) is 4.57 Å². The number of sulfone groups is 1. The van der Waals surface area contributed by atoms with Gasteiger partial charge in [-0.25, -0.2) is 8.42 Å². The summed E-state index contributed by atoms with van der Waals surface area (Å²) in [7, 11) is -3.40. The second kappa shape index (κ2) is 8.86. The minimum absolute atomic E-state index is 0.182. The molecule has 0 radical (unpaired) electrons. The van der Waals surface area contributed by atoms with Gasteiger partial charge < -0.3 is 9.30 Å². The predicted molar refractivity (Wildman–Crippen MR) is 118 cm³/mol. The second-order valence-corrected chi connectivity index (χ2v) is 10.3. The molecule has 0 N–H and O–H groups in total. The van der Waals surface area contributed by atoms with Crippen molar-refractivity contribution in [3.63, 3.8) is 0 Å². The van der Waals surface area contributed by atoms with E-state index in [2.05, 4.69) is 10.9 Å². The Labute approximate surface area is 179 Å². The number of hydrogen-bond acceptors (Lipinski definition) is 5. The molecule has 0 saturated carbocycles. The Balaban J connectivity index is 2.02. The molecule has 3 rings (SSSR count). The van der Waals surface area contributed by atoms with Crippen LogP contribution in [0, 0.1) is 12.3 Å². The van der Waals surface area contributed by atoms with Crippen LogP contribution < -0.4 is 9.54 Å². The van der Waals surface area contributed by atoms with Crippen molar-refractivity contribution in [1.29, 1.82) is 0 Å². The zero-order valence-corrected chi connectivity index (χ0v) is 18.6. The van der Waals surface area contributed by atoms with E-state index in [1.54, 1.807) is 18.4 Å². The topological polar surface area (TPSA) is 77.7 Å². The molecule has 3 aromatic rings. The van der Waals surface area contributed by atoms with Gasteiger partial charge in [-0.3, -0.25) is 4.79 Å². The second-order valence-electron chi connectivity index (χ2n) is 6.77. The highest BCUT2D eigenvalue weighted by Crippen LogP contribution is 2.23. The monoisotopic (exact) mass is 442 g/mol. The Bertz CT molecular complexity index is 1290. The van der Waals surface area contributed by atoms with Gasteiger partial charge in [0.05, 0.1) is 33.5 Å². The third-order valence-electron chi connectivity index (χ3n) is 4.46. The van der Waals surface area contributed by atoms with E-state index < -0.39 is 21.0 Å². The molecule has 2 aromatic carbocycles. The maximum Gasteiger partial charge on any atom is 0.279 e. The van der Waals surface area contributed by atoms with Gasteiger partial charge in [-0.2, -0.15) is 4.99 Å². The molecule has 8 heteroatoms. The lowest BCUT2D eigenvalue weighted by molar-refractivity contribution is 0.0998. The Morgan fingerprint density at radius 3 is 2.53 bits per heavy atom. The van der Waals surface area contributed by atoms with Gasteiger partial charge in [-0.1, -0.05) is 17.3 Å². The van der Waals surface area contributed by atoms with Crippen LogP contribution in [-0.4, -0.2) is 30.7 Å². The molecular formula is C22H22N2O4S2. The van der Waals surface area contributed by atoms with Gasteiger partial charge in [0.25, 0.3) is 5.91 Å². The van der Waals surface area contributed by atoms with Crippen molar-refractivity contribution >= 4 is 37.3 Å². The third kappa shape index (κ3) is 4.32. The van der Waals surface area contributed by atoms with Gasteiger partial charge in [0, 0.05) is 5.56 Å². The van der Waals surface area contributed by atoms with Crippen LogP contribution in [-0.2, 0) is 16.4 Å². The molecule has 156 valence electrons.